The summed E-state index contributed by atoms with van der Waals surface area (Å²) < 4.78 is 3.87. The summed E-state index contributed by atoms with van der Waals surface area (Å²) >= 11 is 1.39. The van der Waals surface area contributed by atoms with Crippen molar-refractivity contribution in [3.8, 4) is 17.1 Å². The average Bonchev–Trinajstić information content (AvgIpc) is 3.44. The molecule has 1 N–H and O–H groups in total. The Balaban J connectivity index is 1.31. The second kappa shape index (κ2) is 8.35. The van der Waals surface area contributed by atoms with Gasteiger partial charge in [0, 0.05) is 30.1 Å². The SMILES string of the molecule is Cc1cc(NC(=O)CSc2nnc(-c3cccnc3)n2C2CC2)n(-c2ccccc2)n1. The van der Waals surface area contributed by atoms with Gasteiger partial charge in [-0.25, -0.2) is 4.68 Å². The van der Waals surface area contributed by atoms with Gasteiger partial charge in [-0.05, 0) is 44.0 Å². The van der Waals surface area contributed by atoms with Crippen LogP contribution in [0, 0.1) is 6.92 Å². The van der Waals surface area contributed by atoms with Crippen LogP contribution in [0.5, 0.6) is 0 Å². The van der Waals surface area contributed by atoms with Gasteiger partial charge < -0.3 is 5.32 Å². The Hall–Kier alpha value is -3.46. The molecule has 1 fully saturated rings. The Labute approximate surface area is 183 Å². The highest BCUT2D eigenvalue weighted by atomic mass is 32.2. The lowest BCUT2D eigenvalue weighted by atomic mass is 10.3. The van der Waals surface area contributed by atoms with Gasteiger partial charge in [-0.1, -0.05) is 30.0 Å². The first-order chi connectivity index (χ1) is 15.2. The molecular formula is C22H21N7OS. The maximum absolute atomic E-state index is 12.7. The molecule has 1 amide bonds. The monoisotopic (exact) mass is 431 g/mol. The molecule has 0 aliphatic heterocycles. The Morgan fingerprint density at radius 2 is 2.00 bits per heavy atom. The minimum absolute atomic E-state index is 0.115. The van der Waals surface area contributed by atoms with E-state index in [2.05, 4.69) is 30.2 Å². The van der Waals surface area contributed by atoms with Crippen LogP contribution in [0.4, 0.5) is 5.82 Å². The summed E-state index contributed by atoms with van der Waals surface area (Å²) in [4.78, 5) is 16.9. The topological polar surface area (TPSA) is 90.5 Å². The van der Waals surface area contributed by atoms with Crippen LogP contribution in [0.3, 0.4) is 0 Å². The summed E-state index contributed by atoms with van der Waals surface area (Å²) in [7, 11) is 0. The third-order valence-electron chi connectivity index (χ3n) is 4.93. The molecule has 0 spiro atoms. The first-order valence-electron chi connectivity index (χ1n) is 10.1. The van der Waals surface area contributed by atoms with Crippen molar-refractivity contribution >= 4 is 23.5 Å². The molecule has 9 heteroatoms. The summed E-state index contributed by atoms with van der Waals surface area (Å²) in [5.74, 6) is 1.57. The number of hydrogen-bond acceptors (Lipinski definition) is 6. The predicted molar refractivity (Wildman–Crippen MR) is 119 cm³/mol. The van der Waals surface area contributed by atoms with Gasteiger partial charge in [0.1, 0.15) is 5.82 Å². The van der Waals surface area contributed by atoms with Crippen LogP contribution < -0.4 is 5.32 Å². The Morgan fingerprint density at radius 1 is 1.16 bits per heavy atom. The normalized spacial score (nSPS) is 13.3. The fourth-order valence-corrected chi connectivity index (χ4v) is 4.20. The van der Waals surface area contributed by atoms with Crippen molar-refractivity contribution in [3.63, 3.8) is 0 Å². The van der Waals surface area contributed by atoms with Gasteiger partial charge in [-0.15, -0.1) is 10.2 Å². The van der Waals surface area contributed by atoms with Gasteiger partial charge >= 0.3 is 0 Å². The minimum atomic E-state index is -0.115. The molecule has 1 aliphatic rings. The molecule has 4 aromatic rings. The van der Waals surface area contributed by atoms with Crippen LogP contribution in [-0.2, 0) is 4.79 Å². The van der Waals surface area contributed by atoms with E-state index in [9.17, 15) is 4.79 Å². The third-order valence-corrected chi connectivity index (χ3v) is 5.87. The number of rotatable bonds is 7. The van der Waals surface area contributed by atoms with Crippen LogP contribution in [0.25, 0.3) is 17.1 Å². The first-order valence-corrected chi connectivity index (χ1v) is 11.1. The minimum Gasteiger partial charge on any atom is -0.310 e. The molecule has 0 bridgehead atoms. The molecule has 0 radical (unpaired) electrons. The fraction of sp³-hybridized carbons (Fsp3) is 0.227. The number of anilines is 1. The standard InChI is InChI=1S/C22H21N7OS/c1-15-12-19(29(27-15)18-7-3-2-4-8-18)24-20(30)14-31-22-26-25-21(28(22)17-9-10-17)16-6-5-11-23-13-16/h2-8,11-13,17H,9-10,14H2,1H3,(H,24,30). The van der Waals surface area contributed by atoms with Gasteiger partial charge in [0.05, 0.1) is 17.1 Å². The van der Waals surface area contributed by atoms with Crippen LogP contribution in [0.2, 0.25) is 0 Å². The van der Waals surface area contributed by atoms with Gasteiger partial charge in [0.25, 0.3) is 0 Å². The number of aryl methyl sites for hydroxylation is 1. The van der Waals surface area contributed by atoms with Crippen molar-refractivity contribution in [2.45, 2.75) is 31.0 Å². The van der Waals surface area contributed by atoms with E-state index in [0.29, 0.717) is 11.9 Å². The highest BCUT2D eigenvalue weighted by Gasteiger charge is 2.30. The van der Waals surface area contributed by atoms with E-state index in [0.717, 1.165) is 40.8 Å². The highest BCUT2D eigenvalue weighted by Crippen LogP contribution is 2.40. The first kappa shape index (κ1) is 19.5. The number of pyridine rings is 1. The lowest BCUT2D eigenvalue weighted by Gasteiger charge is -2.10. The Kier molecular flexibility index (Phi) is 5.25. The van der Waals surface area contributed by atoms with Crippen molar-refractivity contribution in [2.75, 3.05) is 11.1 Å². The Morgan fingerprint density at radius 3 is 2.74 bits per heavy atom. The molecule has 156 valence electrons. The number of nitrogens with one attached hydrogen (secondary N) is 1. The summed E-state index contributed by atoms with van der Waals surface area (Å²) in [5.41, 5.74) is 2.66. The smallest absolute Gasteiger partial charge is 0.236 e. The largest absolute Gasteiger partial charge is 0.310 e. The van der Waals surface area contributed by atoms with Crippen LogP contribution >= 0.6 is 11.8 Å². The molecule has 0 unspecified atom stereocenters. The molecule has 0 saturated heterocycles. The molecule has 1 saturated carbocycles. The van der Waals surface area contributed by atoms with Crippen LogP contribution in [-0.4, -0.2) is 41.2 Å². The summed E-state index contributed by atoms with van der Waals surface area (Å²) in [6, 6.07) is 15.9. The van der Waals surface area contributed by atoms with Gasteiger partial charge in [0.15, 0.2) is 11.0 Å². The molecule has 31 heavy (non-hydrogen) atoms. The summed E-state index contributed by atoms with van der Waals surface area (Å²) in [6.07, 6.45) is 5.72. The number of benzene rings is 1. The van der Waals surface area contributed by atoms with Gasteiger partial charge in [0.2, 0.25) is 5.91 Å². The number of amides is 1. The summed E-state index contributed by atoms with van der Waals surface area (Å²) in [5, 5.41) is 17.0. The van der Waals surface area contributed by atoms with E-state index in [4.69, 9.17) is 0 Å². The molecule has 1 aliphatic carbocycles. The molecule has 3 aromatic heterocycles. The zero-order chi connectivity index (χ0) is 21.2. The third kappa shape index (κ3) is 4.22. The van der Waals surface area contributed by atoms with Crippen molar-refractivity contribution in [3.05, 3.63) is 66.6 Å². The highest BCUT2D eigenvalue weighted by molar-refractivity contribution is 7.99. The molecule has 3 heterocycles. The lowest BCUT2D eigenvalue weighted by molar-refractivity contribution is -0.113. The molecule has 8 nitrogen and oxygen atoms in total. The predicted octanol–water partition coefficient (Wildman–Crippen LogP) is 3.90. The molecule has 0 atom stereocenters. The van der Waals surface area contributed by atoms with Gasteiger partial charge in [-0.2, -0.15) is 5.10 Å². The maximum atomic E-state index is 12.7. The molecule has 5 rings (SSSR count). The lowest BCUT2D eigenvalue weighted by Crippen LogP contribution is -2.17. The molecular weight excluding hydrogens is 410 g/mol. The number of nitrogens with zero attached hydrogens (tertiary/aromatic N) is 6. The van der Waals surface area contributed by atoms with Crippen LogP contribution in [0.1, 0.15) is 24.6 Å². The quantitative estimate of drug-likeness (QED) is 0.446. The molecule has 1 aromatic carbocycles. The number of thioether (sulfide) groups is 1. The van der Waals surface area contributed by atoms with Crippen molar-refractivity contribution in [1.29, 1.82) is 0 Å². The van der Waals surface area contributed by atoms with E-state index >= 15 is 0 Å². The van der Waals surface area contributed by atoms with Gasteiger partial charge in [-0.3, -0.25) is 14.3 Å². The van der Waals surface area contributed by atoms with E-state index in [1.807, 2.05) is 55.5 Å². The Bertz CT molecular complexity index is 1200. The van der Waals surface area contributed by atoms with Crippen molar-refractivity contribution < 1.29 is 4.79 Å². The number of para-hydroxylation sites is 1. The number of carbonyl (C=O) groups is 1. The van der Waals surface area contributed by atoms with Crippen molar-refractivity contribution in [2.24, 2.45) is 0 Å². The fourth-order valence-electron chi connectivity index (χ4n) is 3.39. The van der Waals surface area contributed by atoms with Crippen LogP contribution in [0.15, 0.2) is 66.1 Å². The maximum Gasteiger partial charge on any atom is 0.236 e. The van der Waals surface area contributed by atoms with E-state index in [1.165, 1.54) is 11.8 Å². The zero-order valence-corrected chi connectivity index (χ0v) is 17.8. The van der Waals surface area contributed by atoms with Crippen molar-refractivity contribution in [1.82, 2.24) is 29.5 Å². The van der Waals surface area contributed by atoms with E-state index in [-0.39, 0.29) is 11.7 Å². The second-order valence-electron chi connectivity index (χ2n) is 7.40. The number of aromatic nitrogens is 6. The number of carbonyl (C=O) groups excluding carboxylic acids is 1. The summed E-state index contributed by atoms with van der Waals surface area (Å²) in [6.45, 7) is 1.90. The van der Waals surface area contributed by atoms with E-state index in [1.54, 1.807) is 17.1 Å². The number of hydrogen-bond donors (Lipinski definition) is 1. The second-order valence-corrected chi connectivity index (χ2v) is 8.35. The average molecular weight is 432 g/mol. The van der Waals surface area contributed by atoms with E-state index < -0.39 is 0 Å². The zero-order valence-electron chi connectivity index (χ0n) is 17.0.